The number of aromatic nitrogens is 1. The zero-order valence-corrected chi connectivity index (χ0v) is 25.3. The fourth-order valence-electron chi connectivity index (χ4n) is 4.40. The summed E-state index contributed by atoms with van der Waals surface area (Å²) in [6, 6.07) is 10.6. The van der Waals surface area contributed by atoms with Crippen molar-refractivity contribution in [2.45, 2.75) is 64.7 Å². The van der Waals surface area contributed by atoms with Gasteiger partial charge in [-0.1, -0.05) is 44.1 Å². The van der Waals surface area contributed by atoms with Gasteiger partial charge in [-0.25, -0.2) is 13.4 Å². The monoisotopic (exact) mass is 558 g/mol. The van der Waals surface area contributed by atoms with E-state index in [9.17, 15) is 13.2 Å². The molecule has 3 aromatic rings. The van der Waals surface area contributed by atoms with E-state index in [2.05, 4.69) is 37.8 Å². The number of anilines is 1. The van der Waals surface area contributed by atoms with Gasteiger partial charge in [0.2, 0.25) is 10.0 Å². The summed E-state index contributed by atoms with van der Waals surface area (Å²) in [7, 11) is 0.409. The van der Waals surface area contributed by atoms with Crippen molar-refractivity contribution in [1.29, 1.82) is 0 Å². The minimum atomic E-state index is -3.62. The van der Waals surface area contributed by atoms with Crippen molar-refractivity contribution < 1.29 is 13.2 Å². The molecule has 38 heavy (non-hydrogen) atoms. The Morgan fingerprint density at radius 1 is 0.895 bits per heavy atom. The number of carbonyl (C=O) groups excluding carboxylic acids is 1. The van der Waals surface area contributed by atoms with Crippen molar-refractivity contribution in [1.82, 2.24) is 14.2 Å². The minimum Gasteiger partial charge on any atom is -0.309 e. The number of hydrogen-bond donors (Lipinski definition) is 0. The number of thiazole rings is 1. The number of benzene rings is 2. The van der Waals surface area contributed by atoms with Crippen molar-refractivity contribution in [3.63, 3.8) is 0 Å². The molecule has 3 rings (SSSR count). The molecule has 0 spiro atoms. The van der Waals surface area contributed by atoms with Crippen LogP contribution in [0, 0.1) is 13.8 Å². The molecule has 0 N–H and O–H groups in total. The standard InChI is InChI=1S/C29H42N4O3S2/c1-7-9-17-32(18-10-8-2)38(35,36)25-14-12-24(13-15-25)28(34)33(19-11-16-31(5)6)29-30-27-23(4)20-22(3)21-26(27)37-29/h12-15,20-21H,7-11,16-19H2,1-6H3. The van der Waals surface area contributed by atoms with Crippen LogP contribution in [0.5, 0.6) is 0 Å². The maximum Gasteiger partial charge on any atom is 0.260 e. The average Bonchev–Trinajstić information content (AvgIpc) is 3.30. The molecule has 0 atom stereocenters. The van der Waals surface area contributed by atoms with Crippen LogP contribution in [0.25, 0.3) is 10.2 Å². The third-order valence-electron chi connectivity index (χ3n) is 6.54. The summed E-state index contributed by atoms with van der Waals surface area (Å²) >= 11 is 1.52. The summed E-state index contributed by atoms with van der Waals surface area (Å²) in [6.45, 7) is 10.6. The van der Waals surface area contributed by atoms with Crippen LogP contribution in [0.1, 0.15) is 67.4 Å². The molecule has 0 fully saturated rings. The number of hydrogen-bond acceptors (Lipinski definition) is 6. The topological polar surface area (TPSA) is 73.8 Å². The Balaban J connectivity index is 1.91. The number of unbranched alkanes of at least 4 members (excludes halogenated alkanes) is 2. The molecule has 7 nitrogen and oxygen atoms in total. The highest BCUT2D eigenvalue weighted by molar-refractivity contribution is 7.89. The van der Waals surface area contributed by atoms with Crippen LogP contribution in [0.3, 0.4) is 0 Å². The molecule has 1 amide bonds. The van der Waals surface area contributed by atoms with Crippen LogP contribution in [0.2, 0.25) is 0 Å². The Hall–Kier alpha value is -2.33. The van der Waals surface area contributed by atoms with Gasteiger partial charge in [0.15, 0.2) is 5.13 Å². The van der Waals surface area contributed by atoms with Gasteiger partial charge in [-0.05, 0) is 95.2 Å². The SMILES string of the molecule is CCCCN(CCCC)S(=O)(=O)c1ccc(C(=O)N(CCCN(C)C)c2nc3c(C)cc(C)cc3s2)cc1. The third kappa shape index (κ3) is 7.40. The number of aryl methyl sites for hydroxylation is 2. The Morgan fingerprint density at radius 2 is 1.53 bits per heavy atom. The van der Waals surface area contributed by atoms with Gasteiger partial charge >= 0.3 is 0 Å². The van der Waals surface area contributed by atoms with Crippen molar-refractivity contribution in [3.05, 3.63) is 53.1 Å². The summed E-state index contributed by atoms with van der Waals surface area (Å²) in [4.78, 5) is 22.6. The first kappa shape index (κ1) is 30.2. The third-order valence-corrected chi connectivity index (χ3v) is 9.48. The van der Waals surface area contributed by atoms with Gasteiger partial charge in [0, 0.05) is 25.2 Å². The minimum absolute atomic E-state index is 0.171. The summed E-state index contributed by atoms with van der Waals surface area (Å²) in [6.07, 6.45) is 4.30. The van der Waals surface area contributed by atoms with Gasteiger partial charge in [-0.3, -0.25) is 9.69 Å². The number of rotatable bonds is 14. The van der Waals surface area contributed by atoms with E-state index in [0.717, 1.165) is 54.4 Å². The second-order valence-corrected chi connectivity index (χ2v) is 13.1. The lowest BCUT2D eigenvalue weighted by atomic mass is 10.1. The average molecular weight is 559 g/mol. The highest BCUT2D eigenvalue weighted by Crippen LogP contribution is 2.32. The molecule has 0 radical (unpaired) electrons. The second-order valence-electron chi connectivity index (χ2n) is 10.2. The van der Waals surface area contributed by atoms with Crippen LogP contribution < -0.4 is 4.90 Å². The molecule has 0 unspecified atom stereocenters. The van der Waals surface area contributed by atoms with Crippen molar-refractivity contribution in [2.24, 2.45) is 0 Å². The maximum atomic E-state index is 13.7. The zero-order chi connectivity index (χ0) is 27.9. The predicted molar refractivity (Wildman–Crippen MR) is 159 cm³/mol. The maximum absolute atomic E-state index is 13.7. The first-order chi connectivity index (χ1) is 18.1. The fraction of sp³-hybridized carbons (Fsp3) is 0.517. The first-order valence-corrected chi connectivity index (χ1v) is 15.8. The van der Waals surface area contributed by atoms with Gasteiger partial charge in [-0.2, -0.15) is 4.31 Å². The van der Waals surface area contributed by atoms with Crippen LogP contribution in [0.4, 0.5) is 5.13 Å². The number of nitrogens with zero attached hydrogens (tertiary/aromatic N) is 4. The van der Waals surface area contributed by atoms with Crippen LogP contribution in [-0.4, -0.2) is 68.8 Å². The number of fused-ring (bicyclic) bond motifs is 1. The summed E-state index contributed by atoms with van der Waals surface area (Å²) < 4.78 is 29.4. The molecular formula is C29H42N4O3S2. The highest BCUT2D eigenvalue weighted by Gasteiger charge is 2.26. The molecule has 2 aromatic carbocycles. The van der Waals surface area contributed by atoms with Crippen LogP contribution in [-0.2, 0) is 10.0 Å². The highest BCUT2D eigenvalue weighted by atomic mass is 32.2. The number of sulfonamides is 1. The Labute approximate surface area is 232 Å². The summed E-state index contributed by atoms with van der Waals surface area (Å²) in [5.41, 5.74) is 3.63. The molecule has 0 aliphatic carbocycles. The van der Waals surface area contributed by atoms with E-state index in [1.807, 2.05) is 21.0 Å². The van der Waals surface area contributed by atoms with E-state index in [0.29, 0.717) is 30.3 Å². The molecule has 1 aromatic heterocycles. The molecule has 0 aliphatic rings. The Bertz CT molecular complexity index is 1310. The summed E-state index contributed by atoms with van der Waals surface area (Å²) in [5.74, 6) is -0.171. The van der Waals surface area contributed by atoms with Crippen LogP contribution >= 0.6 is 11.3 Å². The molecule has 0 aliphatic heterocycles. The molecule has 208 valence electrons. The first-order valence-electron chi connectivity index (χ1n) is 13.5. The van der Waals surface area contributed by atoms with Crippen LogP contribution in [0.15, 0.2) is 41.3 Å². The van der Waals surface area contributed by atoms with E-state index >= 15 is 0 Å². The van der Waals surface area contributed by atoms with Gasteiger partial charge < -0.3 is 4.90 Å². The van der Waals surface area contributed by atoms with Crippen molar-refractivity contribution in [2.75, 3.05) is 45.2 Å². The Morgan fingerprint density at radius 3 is 2.11 bits per heavy atom. The van der Waals surface area contributed by atoms with Gasteiger partial charge in [0.1, 0.15) is 0 Å². The molecular weight excluding hydrogens is 516 g/mol. The number of carbonyl (C=O) groups is 1. The quantitative estimate of drug-likeness (QED) is 0.239. The van der Waals surface area contributed by atoms with Gasteiger partial charge in [-0.15, -0.1) is 0 Å². The van der Waals surface area contributed by atoms with Crippen molar-refractivity contribution >= 4 is 42.6 Å². The number of amides is 1. The molecule has 0 saturated heterocycles. The lowest BCUT2D eigenvalue weighted by molar-refractivity contribution is 0.0986. The molecule has 1 heterocycles. The smallest absolute Gasteiger partial charge is 0.260 e. The molecule has 0 saturated carbocycles. The molecule has 9 heteroatoms. The van der Waals surface area contributed by atoms with E-state index in [4.69, 9.17) is 4.98 Å². The van der Waals surface area contributed by atoms with E-state index < -0.39 is 10.0 Å². The fourth-order valence-corrected chi connectivity index (χ4v) is 7.08. The lowest BCUT2D eigenvalue weighted by Crippen LogP contribution is -2.34. The van der Waals surface area contributed by atoms with Gasteiger partial charge in [0.05, 0.1) is 15.1 Å². The molecule has 0 bridgehead atoms. The predicted octanol–water partition coefficient (Wildman–Crippen LogP) is 6.10. The van der Waals surface area contributed by atoms with Gasteiger partial charge in [0.25, 0.3) is 5.91 Å². The lowest BCUT2D eigenvalue weighted by Gasteiger charge is -2.23. The largest absolute Gasteiger partial charge is 0.309 e. The zero-order valence-electron chi connectivity index (χ0n) is 23.7. The van der Waals surface area contributed by atoms with E-state index in [1.54, 1.807) is 33.5 Å². The van der Waals surface area contributed by atoms with E-state index in [1.165, 1.54) is 16.9 Å². The summed E-state index contributed by atoms with van der Waals surface area (Å²) in [5, 5.41) is 0.666. The van der Waals surface area contributed by atoms with Crippen molar-refractivity contribution in [3.8, 4) is 0 Å². The van der Waals surface area contributed by atoms with E-state index in [-0.39, 0.29) is 10.8 Å². The normalized spacial score (nSPS) is 12.1. The second kappa shape index (κ2) is 13.6. The Kier molecular flexibility index (Phi) is 10.8.